The highest BCUT2D eigenvalue weighted by Crippen LogP contribution is 2.25. The van der Waals surface area contributed by atoms with Gasteiger partial charge in [-0.05, 0) is 30.5 Å². The van der Waals surface area contributed by atoms with Crippen molar-refractivity contribution in [1.29, 1.82) is 0 Å². The highest BCUT2D eigenvalue weighted by molar-refractivity contribution is 9.10. The zero-order valence-electron chi connectivity index (χ0n) is 13.0. The molecule has 0 fully saturated rings. The van der Waals surface area contributed by atoms with E-state index in [0.717, 1.165) is 42.0 Å². The molecule has 20 heavy (non-hydrogen) atoms. The van der Waals surface area contributed by atoms with E-state index in [1.165, 1.54) is 12.8 Å². The Morgan fingerprint density at radius 1 is 1.15 bits per heavy atom. The van der Waals surface area contributed by atoms with Gasteiger partial charge in [-0.1, -0.05) is 67.7 Å². The van der Waals surface area contributed by atoms with Crippen LogP contribution in [0.1, 0.15) is 51.7 Å². The van der Waals surface area contributed by atoms with E-state index in [-0.39, 0.29) is 6.10 Å². The molecule has 1 aromatic carbocycles. The van der Waals surface area contributed by atoms with E-state index in [1.807, 2.05) is 24.3 Å². The number of hydrogen-bond donors (Lipinski definition) is 1. The molecule has 0 aliphatic carbocycles. The fourth-order valence-corrected chi connectivity index (χ4v) is 3.05. The summed E-state index contributed by atoms with van der Waals surface area (Å²) in [6.07, 6.45) is 2.87. The van der Waals surface area contributed by atoms with E-state index < -0.39 is 0 Å². The Morgan fingerprint density at radius 2 is 1.80 bits per heavy atom. The molecule has 114 valence electrons. The van der Waals surface area contributed by atoms with Crippen LogP contribution in [0.2, 0.25) is 0 Å². The highest BCUT2D eigenvalue weighted by Gasteiger charge is 2.14. The van der Waals surface area contributed by atoms with E-state index in [0.29, 0.717) is 0 Å². The predicted octanol–water partition coefficient (Wildman–Crippen LogP) is 4.63. The number of aliphatic hydroxyl groups excluding tert-OH is 1. The van der Waals surface area contributed by atoms with Crippen molar-refractivity contribution in [1.82, 2.24) is 4.90 Å². The second-order valence-electron chi connectivity index (χ2n) is 5.40. The summed E-state index contributed by atoms with van der Waals surface area (Å²) in [6.45, 7) is 9.88. The lowest BCUT2D eigenvalue weighted by Crippen LogP contribution is -2.31. The Kier molecular flexibility index (Phi) is 8.43. The van der Waals surface area contributed by atoms with E-state index in [4.69, 9.17) is 0 Å². The van der Waals surface area contributed by atoms with Crippen molar-refractivity contribution < 1.29 is 5.11 Å². The fourth-order valence-electron chi connectivity index (χ4n) is 2.50. The summed E-state index contributed by atoms with van der Waals surface area (Å²) in [4.78, 5) is 2.46. The van der Waals surface area contributed by atoms with Gasteiger partial charge in [0.15, 0.2) is 0 Å². The summed E-state index contributed by atoms with van der Waals surface area (Å²) in [7, 11) is 0. The quantitative estimate of drug-likeness (QED) is 0.707. The molecule has 0 saturated heterocycles. The predicted molar refractivity (Wildman–Crippen MR) is 89.9 cm³/mol. The van der Waals surface area contributed by atoms with Crippen molar-refractivity contribution in [2.45, 2.75) is 46.1 Å². The first-order valence-electron chi connectivity index (χ1n) is 7.77. The lowest BCUT2D eigenvalue weighted by atomic mass is 10.0. The van der Waals surface area contributed by atoms with Gasteiger partial charge >= 0.3 is 0 Å². The van der Waals surface area contributed by atoms with E-state index in [2.05, 4.69) is 41.6 Å². The first-order chi connectivity index (χ1) is 9.62. The van der Waals surface area contributed by atoms with Crippen molar-refractivity contribution >= 4 is 15.9 Å². The maximum Gasteiger partial charge on any atom is 0.0813 e. The van der Waals surface area contributed by atoms with Gasteiger partial charge in [0.2, 0.25) is 0 Å². The second-order valence-corrected chi connectivity index (χ2v) is 6.26. The fraction of sp³-hybridized carbons (Fsp3) is 0.647. The lowest BCUT2D eigenvalue weighted by Gasteiger charge is -2.26. The maximum absolute atomic E-state index is 10.3. The Hall–Kier alpha value is -0.380. The van der Waals surface area contributed by atoms with Gasteiger partial charge in [0.1, 0.15) is 0 Å². The molecule has 0 aliphatic heterocycles. The molecular formula is C17H28BrNO. The van der Waals surface area contributed by atoms with Gasteiger partial charge in [-0.2, -0.15) is 0 Å². The summed E-state index contributed by atoms with van der Waals surface area (Å²) < 4.78 is 0.996. The van der Waals surface area contributed by atoms with Crippen LogP contribution in [0.3, 0.4) is 0 Å². The third kappa shape index (κ3) is 5.55. The molecule has 0 heterocycles. The van der Waals surface area contributed by atoms with Crippen LogP contribution in [0.15, 0.2) is 28.7 Å². The van der Waals surface area contributed by atoms with Crippen LogP contribution in [0.4, 0.5) is 0 Å². The minimum Gasteiger partial charge on any atom is -0.388 e. The van der Waals surface area contributed by atoms with Gasteiger partial charge in [0, 0.05) is 17.6 Å². The highest BCUT2D eigenvalue weighted by atomic mass is 79.9. The summed E-state index contributed by atoms with van der Waals surface area (Å²) in [5.74, 6) is 0.774. The lowest BCUT2D eigenvalue weighted by molar-refractivity contribution is 0.135. The molecule has 1 unspecified atom stereocenters. The Morgan fingerprint density at radius 3 is 2.35 bits per heavy atom. The number of nitrogens with zero attached hydrogens (tertiary/aromatic N) is 1. The molecule has 1 rings (SSSR count). The van der Waals surface area contributed by atoms with Gasteiger partial charge < -0.3 is 10.0 Å². The van der Waals surface area contributed by atoms with Crippen LogP contribution in [0.25, 0.3) is 0 Å². The minimum absolute atomic E-state index is 0.388. The molecule has 0 radical (unpaired) electrons. The van der Waals surface area contributed by atoms with Crippen LogP contribution in [0, 0.1) is 5.92 Å². The number of rotatable bonds is 9. The van der Waals surface area contributed by atoms with Crippen LogP contribution < -0.4 is 0 Å². The summed E-state index contributed by atoms with van der Waals surface area (Å²) >= 11 is 3.51. The number of benzene rings is 1. The topological polar surface area (TPSA) is 23.5 Å². The zero-order chi connectivity index (χ0) is 15.0. The Labute approximate surface area is 132 Å². The van der Waals surface area contributed by atoms with Crippen molar-refractivity contribution in [2.24, 2.45) is 5.92 Å². The molecule has 2 nitrogen and oxygen atoms in total. The molecule has 0 amide bonds. The smallest absolute Gasteiger partial charge is 0.0813 e. The average Bonchev–Trinajstić information content (AvgIpc) is 2.48. The molecule has 0 aromatic heterocycles. The van der Waals surface area contributed by atoms with Gasteiger partial charge in [-0.25, -0.2) is 0 Å². The molecular weight excluding hydrogens is 314 g/mol. The standard InChI is InChI=1S/C17H28BrNO/c1-4-14(5-2)13-19(6-3)12-11-17(20)15-9-7-8-10-16(15)18/h7-10,14,17,20H,4-6,11-13H2,1-3H3. The third-order valence-electron chi connectivity index (χ3n) is 4.10. The molecule has 1 aromatic rings. The SMILES string of the molecule is CCC(CC)CN(CC)CCC(O)c1ccccc1Br. The summed E-state index contributed by atoms with van der Waals surface area (Å²) in [6, 6.07) is 7.93. The van der Waals surface area contributed by atoms with Gasteiger partial charge in [0.05, 0.1) is 6.10 Å². The number of aliphatic hydroxyl groups is 1. The normalized spacial score (nSPS) is 13.2. The maximum atomic E-state index is 10.3. The van der Waals surface area contributed by atoms with Crippen molar-refractivity contribution in [2.75, 3.05) is 19.6 Å². The van der Waals surface area contributed by atoms with E-state index in [1.54, 1.807) is 0 Å². The summed E-state index contributed by atoms with van der Waals surface area (Å²) in [5, 5.41) is 10.3. The molecule has 3 heteroatoms. The molecule has 1 N–H and O–H groups in total. The van der Waals surface area contributed by atoms with Crippen molar-refractivity contribution in [3.63, 3.8) is 0 Å². The average molecular weight is 342 g/mol. The van der Waals surface area contributed by atoms with E-state index >= 15 is 0 Å². The van der Waals surface area contributed by atoms with E-state index in [9.17, 15) is 5.11 Å². The van der Waals surface area contributed by atoms with Crippen molar-refractivity contribution in [3.8, 4) is 0 Å². The monoisotopic (exact) mass is 341 g/mol. The third-order valence-corrected chi connectivity index (χ3v) is 4.82. The van der Waals surface area contributed by atoms with Crippen LogP contribution >= 0.6 is 15.9 Å². The molecule has 0 spiro atoms. The number of hydrogen-bond acceptors (Lipinski definition) is 2. The molecule has 1 atom stereocenters. The first kappa shape index (κ1) is 17.7. The number of halogens is 1. The first-order valence-corrected chi connectivity index (χ1v) is 8.56. The van der Waals surface area contributed by atoms with Gasteiger partial charge in [-0.3, -0.25) is 0 Å². The van der Waals surface area contributed by atoms with Crippen LogP contribution in [0.5, 0.6) is 0 Å². The Balaban J connectivity index is 2.49. The molecule has 0 saturated carbocycles. The largest absolute Gasteiger partial charge is 0.388 e. The van der Waals surface area contributed by atoms with Crippen molar-refractivity contribution in [3.05, 3.63) is 34.3 Å². The molecule has 0 aliphatic rings. The zero-order valence-corrected chi connectivity index (χ0v) is 14.6. The Bertz CT molecular complexity index is 379. The summed E-state index contributed by atoms with van der Waals surface area (Å²) in [5.41, 5.74) is 0.992. The van der Waals surface area contributed by atoms with Gasteiger partial charge in [-0.15, -0.1) is 0 Å². The molecule has 0 bridgehead atoms. The van der Waals surface area contributed by atoms with Crippen LogP contribution in [-0.2, 0) is 0 Å². The van der Waals surface area contributed by atoms with Gasteiger partial charge in [0.25, 0.3) is 0 Å². The minimum atomic E-state index is -0.388. The van der Waals surface area contributed by atoms with Crippen LogP contribution in [-0.4, -0.2) is 29.6 Å². The second kappa shape index (κ2) is 9.54.